The Morgan fingerprint density at radius 2 is 1.74 bits per heavy atom. The fourth-order valence-corrected chi connectivity index (χ4v) is 3.30. The molecule has 1 aromatic heterocycles. The van der Waals surface area contributed by atoms with E-state index in [2.05, 4.69) is 5.32 Å². The summed E-state index contributed by atoms with van der Waals surface area (Å²) in [6.07, 6.45) is 0. The zero-order valence-corrected chi connectivity index (χ0v) is 13.8. The van der Waals surface area contributed by atoms with E-state index in [1.807, 2.05) is 67.6 Å². The lowest BCUT2D eigenvalue weighted by Crippen LogP contribution is -2.09. The maximum Gasteiger partial charge on any atom is 0.265 e. The van der Waals surface area contributed by atoms with E-state index in [1.54, 1.807) is 7.11 Å². The molecule has 1 N–H and O–H groups in total. The Morgan fingerprint density at radius 1 is 1.04 bits per heavy atom. The van der Waals surface area contributed by atoms with Crippen LogP contribution in [-0.2, 0) is 0 Å². The Bertz CT molecular complexity index is 807. The van der Waals surface area contributed by atoms with Gasteiger partial charge < -0.3 is 10.1 Å². The molecular weight excluding hydrogens is 306 g/mol. The van der Waals surface area contributed by atoms with E-state index in [1.165, 1.54) is 11.3 Å². The molecule has 4 heteroatoms. The third-order valence-electron chi connectivity index (χ3n) is 3.57. The van der Waals surface area contributed by atoms with Gasteiger partial charge in [-0.2, -0.15) is 0 Å². The Hall–Kier alpha value is -2.59. The quantitative estimate of drug-likeness (QED) is 0.735. The highest BCUT2D eigenvalue weighted by atomic mass is 32.1. The number of amides is 1. The summed E-state index contributed by atoms with van der Waals surface area (Å²) in [6, 6.07) is 19.3. The van der Waals surface area contributed by atoms with Gasteiger partial charge in [0.2, 0.25) is 0 Å². The van der Waals surface area contributed by atoms with E-state index in [9.17, 15) is 4.79 Å². The maximum atomic E-state index is 12.4. The molecule has 0 fully saturated rings. The lowest BCUT2D eigenvalue weighted by molar-refractivity contribution is 0.103. The van der Waals surface area contributed by atoms with Crippen LogP contribution in [0.5, 0.6) is 5.75 Å². The second-order valence-corrected chi connectivity index (χ2v) is 6.39. The van der Waals surface area contributed by atoms with Crippen LogP contribution >= 0.6 is 11.3 Å². The van der Waals surface area contributed by atoms with Crippen molar-refractivity contribution < 1.29 is 9.53 Å². The van der Waals surface area contributed by atoms with Gasteiger partial charge in [0.1, 0.15) is 5.75 Å². The number of carbonyl (C=O) groups excluding carboxylic acids is 1. The zero-order valence-electron chi connectivity index (χ0n) is 13.0. The van der Waals surface area contributed by atoms with Crippen LogP contribution in [-0.4, -0.2) is 13.0 Å². The summed E-state index contributed by atoms with van der Waals surface area (Å²) >= 11 is 1.50. The molecule has 0 atom stereocenters. The normalized spacial score (nSPS) is 10.3. The summed E-state index contributed by atoms with van der Waals surface area (Å²) < 4.78 is 5.18. The van der Waals surface area contributed by atoms with Crippen molar-refractivity contribution in [3.8, 4) is 16.9 Å². The van der Waals surface area contributed by atoms with Gasteiger partial charge in [-0.3, -0.25) is 4.79 Å². The first kappa shape index (κ1) is 15.3. The van der Waals surface area contributed by atoms with Gasteiger partial charge >= 0.3 is 0 Å². The molecule has 116 valence electrons. The zero-order chi connectivity index (χ0) is 16.2. The fourth-order valence-electron chi connectivity index (χ4n) is 2.37. The van der Waals surface area contributed by atoms with Gasteiger partial charge in [0.15, 0.2) is 0 Å². The van der Waals surface area contributed by atoms with Crippen molar-refractivity contribution in [2.24, 2.45) is 0 Å². The van der Waals surface area contributed by atoms with Crippen molar-refractivity contribution in [2.45, 2.75) is 6.92 Å². The van der Waals surface area contributed by atoms with Gasteiger partial charge in [0.05, 0.1) is 12.0 Å². The molecule has 0 saturated carbocycles. The lowest BCUT2D eigenvalue weighted by atomic mass is 10.1. The Kier molecular flexibility index (Phi) is 4.44. The minimum atomic E-state index is -0.0796. The Balaban J connectivity index is 1.83. The second kappa shape index (κ2) is 6.67. The maximum absolute atomic E-state index is 12.4. The minimum Gasteiger partial charge on any atom is -0.497 e. The molecular formula is C19H17NO2S. The number of hydrogen-bond donors (Lipinski definition) is 1. The largest absolute Gasteiger partial charge is 0.497 e. The van der Waals surface area contributed by atoms with Crippen molar-refractivity contribution in [1.29, 1.82) is 0 Å². The molecule has 0 radical (unpaired) electrons. The minimum absolute atomic E-state index is 0.0796. The van der Waals surface area contributed by atoms with Crippen LogP contribution in [0.2, 0.25) is 0 Å². The molecule has 3 rings (SSSR count). The summed E-state index contributed by atoms with van der Waals surface area (Å²) in [6.45, 7) is 2.03. The van der Waals surface area contributed by atoms with Crippen molar-refractivity contribution >= 4 is 22.9 Å². The number of hydrogen-bond acceptors (Lipinski definition) is 3. The van der Waals surface area contributed by atoms with E-state index >= 15 is 0 Å². The summed E-state index contributed by atoms with van der Waals surface area (Å²) in [5.41, 5.74) is 2.96. The molecule has 3 aromatic rings. The number of methoxy groups -OCH3 is 1. The van der Waals surface area contributed by atoms with Crippen molar-refractivity contribution in [2.75, 3.05) is 12.4 Å². The molecule has 2 aromatic carbocycles. The third kappa shape index (κ3) is 3.43. The monoisotopic (exact) mass is 323 g/mol. The lowest BCUT2D eigenvalue weighted by Gasteiger charge is -2.03. The summed E-state index contributed by atoms with van der Waals surface area (Å²) in [7, 11) is 1.65. The smallest absolute Gasteiger partial charge is 0.265 e. The van der Waals surface area contributed by atoms with Gasteiger partial charge in [0.25, 0.3) is 5.91 Å². The molecule has 1 heterocycles. The SMILES string of the molecule is COc1ccc(-c2cc(C(=O)Nc3ccccc3)sc2C)cc1. The number of rotatable bonds is 4. The first-order valence-corrected chi connectivity index (χ1v) is 8.10. The molecule has 23 heavy (non-hydrogen) atoms. The first-order valence-electron chi connectivity index (χ1n) is 7.28. The van der Waals surface area contributed by atoms with E-state index in [-0.39, 0.29) is 5.91 Å². The van der Waals surface area contributed by atoms with E-state index in [4.69, 9.17) is 4.74 Å². The number of carbonyl (C=O) groups is 1. The average molecular weight is 323 g/mol. The fraction of sp³-hybridized carbons (Fsp3) is 0.105. The van der Waals surface area contributed by atoms with Crippen molar-refractivity contribution in [3.63, 3.8) is 0 Å². The summed E-state index contributed by atoms with van der Waals surface area (Å²) in [5, 5.41) is 2.92. The Labute approximate surface area is 139 Å². The summed E-state index contributed by atoms with van der Waals surface area (Å²) in [5.74, 6) is 0.743. The molecule has 0 aliphatic carbocycles. The van der Waals surface area contributed by atoms with Crippen LogP contribution in [0.3, 0.4) is 0 Å². The summed E-state index contributed by atoms with van der Waals surface area (Å²) in [4.78, 5) is 14.2. The van der Waals surface area contributed by atoms with Crippen LogP contribution in [0, 0.1) is 6.92 Å². The Morgan fingerprint density at radius 3 is 2.39 bits per heavy atom. The number of aryl methyl sites for hydroxylation is 1. The molecule has 0 unspecified atom stereocenters. The number of anilines is 1. The average Bonchev–Trinajstić information content (AvgIpc) is 2.98. The van der Waals surface area contributed by atoms with Crippen LogP contribution in [0.25, 0.3) is 11.1 Å². The van der Waals surface area contributed by atoms with Crippen LogP contribution < -0.4 is 10.1 Å². The number of benzene rings is 2. The number of para-hydroxylation sites is 1. The molecule has 0 aliphatic heterocycles. The number of thiophene rings is 1. The standard InChI is InChI=1S/C19H17NO2S/c1-13-17(14-8-10-16(22-2)11-9-14)12-18(23-13)19(21)20-15-6-4-3-5-7-15/h3-12H,1-2H3,(H,20,21). The number of nitrogens with one attached hydrogen (secondary N) is 1. The van der Waals surface area contributed by atoms with Gasteiger partial charge in [-0.15, -0.1) is 11.3 Å². The molecule has 0 aliphatic rings. The second-order valence-electron chi connectivity index (χ2n) is 5.13. The van der Waals surface area contributed by atoms with Crippen LogP contribution in [0.1, 0.15) is 14.5 Å². The van der Waals surface area contributed by atoms with Gasteiger partial charge in [0, 0.05) is 10.6 Å². The van der Waals surface area contributed by atoms with Crippen LogP contribution in [0.15, 0.2) is 60.7 Å². The van der Waals surface area contributed by atoms with E-state index < -0.39 is 0 Å². The topological polar surface area (TPSA) is 38.3 Å². The van der Waals surface area contributed by atoms with Crippen molar-refractivity contribution in [3.05, 3.63) is 70.4 Å². The van der Waals surface area contributed by atoms with E-state index in [0.717, 1.165) is 27.4 Å². The highest BCUT2D eigenvalue weighted by molar-refractivity contribution is 7.14. The highest BCUT2D eigenvalue weighted by Gasteiger charge is 2.14. The van der Waals surface area contributed by atoms with Gasteiger partial charge in [-0.25, -0.2) is 0 Å². The molecule has 0 saturated heterocycles. The molecule has 0 bridgehead atoms. The third-order valence-corrected chi connectivity index (χ3v) is 4.62. The molecule has 1 amide bonds. The van der Waals surface area contributed by atoms with Crippen LogP contribution in [0.4, 0.5) is 5.69 Å². The van der Waals surface area contributed by atoms with Crippen molar-refractivity contribution in [1.82, 2.24) is 0 Å². The highest BCUT2D eigenvalue weighted by Crippen LogP contribution is 2.32. The molecule has 3 nitrogen and oxygen atoms in total. The molecule has 0 spiro atoms. The van der Waals surface area contributed by atoms with Gasteiger partial charge in [-0.05, 0) is 48.4 Å². The van der Waals surface area contributed by atoms with E-state index in [0.29, 0.717) is 4.88 Å². The first-order chi connectivity index (χ1) is 11.2. The van der Waals surface area contributed by atoms with Gasteiger partial charge in [-0.1, -0.05) is 30.3 Å². The predicted molar refractivity (Wildman–Crippen MR) is 95.4 cm³/mol. The predicted octanol–water partition coefficient (Wildman–Crippen LogP) is 4.98. The number of ether oxygens (including phenoxy) is 1.